The largest absolute Gasteiger partial charge is 0.493 e. The number of ether oxygens (including phenoxy) is 1. The molecule has 3 aromatic carbocycles. The molecule has 3 rings (SSSR count). The van der Waals surface area contributed by atoms with Crippen LogP contribution in [0.3, 0.4) is 0 Å². The van der Waals surface area contributed by atoms with Gasteiger partial charge in [0.1, 0.15) is 5.75 Å². The molecule has 0 radical (unpaired) electrons. The second-order valence-electron chi connectivity index (χ2n) is 6.97. The summed E-state index contributed by atoms with van der Waals surface area (Å²) in [5, 5.41) is 2.81. The average Bonchev–Trinajstić information content (AvgIpc) is 2.74. The number of hydrogen-bond acceptors (Lipinski definition) is 4. The highest BCUT2D eigenvalue weighted by Gasteiger charge is 2.08. The summed E-state index contributed by atoms with van der Waals surface area (Å²) >= 11 is 0. The van der Waals surface area contributed by atoms with Gasteiger partial charge in [0.25, 0.3) is 5.91 Å². The van der Waals surface area contributed by atoms with Gasteiger partial charge in [-0.1, -0.05) is 30.3 Å². The summed E-state index contributed by atoms with van der Waals surface area (Å²) in [7, 11) is 0. The Morgan fingerprint density at radius 2 is 1.37 bits per heavy atom. The van der Waals surface area contributed by atoms with Gasteiger partial charge in [-0.3, -0.25) is 14.4 Å². The third-order valence-corrected chi connectivity index (χ3v) is 4.67. The highest BCUT2D eigenvalue weighted by atomic mass is 16.5. The molecule has 0 aromatic heterocycles. The molecule has 0 saturated carbocycles. The molecule has 5 heteroatoms. The first-order chi connectivity index (χ1) is 14.4. The lowest BCUT2D eigenvalue weighted by molar-refractivity contribution is 0.100. The number of nitrogens with one attached hydrogen (secondary N) is 1. The van der Waals surface area contributed by atoms with Gasteiger partial charge in [-0.25, -0.2) is 0 Å². The maximum atomic E-state index is 12.5. The van der Waals surface area contributed by atoms with Gasteiger partial charge in [0.05, 0.1) is 6.61 Å². The fraction of sp³-hybridized carbons (Fsp3) is 0.160. The SMILES string of the molecule is CC(=O)c1ccc(CCOc2cccc(C(=O)Nc3ccc(C(C)=O)cc3)c2)cc1. The van der Waals surface area contributed by atoms with Crippen LogP contribution in [0.25, 0.3) is 0 Å². The molecule has 0 heterocycles. The predicted octanol–water partition coefficient (Wildman–Crippen LogP) is 4.97. The van der Waals surface area contributed by atoms with E-state index < -0.39 is 0 Å². The Morgan fingerprint density at radius 1 is 0.767 bits per heavy atom. The van der Waals surface area contributed by atoms with Gasteiger partial charge >= 0.3 is 0 Å². The Labute approximate surface area is 175 Å². The maximum absolute atomic E-state index is 12.5. The molecule has 0 saturated heterocycles. The number of amides is 1. The maximum Gasteiger partial charge on any atom is 0.255 e. The van der Waals surface area contributed by atoms with Gasteiger partial charge in [0, 0.05) is 28.8 Å². The Balaban J connectivity index is 1.56. The van der Waals surface area contributed by atoms with Gasteiger partial charge in [-0.05, 0) is 61.9 Å². The van der Waals surface area contributed by atoms with Crippen molar-refractivity contribution in [3.8, 4) is 5.75 Å². The van der Waals surface area contributed by atoms with Crippen molar-refractivity contribution in [2.45, 2.75) is 20.3 Å². The molecular formula is C25H23NO4. The molecule has 0 unspecified atom stereocenters. The first kappa shape index (κ1) is 21.0. The van der Waals surface area contributed by atoms with Gasteiger partial charge in [0.2, 0.25) is 0 Å². The van der Waals surface area contributed by atoms with Crippen LogP contribution in [0, 0.1) is 0 Å². The van der Waals surface area contributed by atoms with E-state index in [1.807, 2.05) is 24.3 Å². The number of ketones is 2. The summed E-state index contributed by atoms with van der Waals surface area (Å²) in [5.74, 6) is 0.376. The van der Waals surface area contributed by atoms with Crippen LogP contribution in [-0.2, 0) is 6.42 Å². The summed E-state index contributed by atoms with van der Waals surface area (Å²) in [6, 6.07) is 21.2. The monoisotopic (exact) mass is 401 g/mol. The Kier molecular flexibility index (Phi) is 6.75. The van der Waals surface area contributed by atoms with E-state index in [1.165, 1.54) is 6.92 Å². The van der Waals surface area contributed by atoms with Crippen molar-refractivity contribution < 1.29 is 19.1 Å². The number of benzene rings is 3. The molecule has 0 fully saturated rings. The summed E-state index contributed by atoms with van der Waals surface area (Å²) in [5.41, 5.74) is 3.45. The molecule has 152 valence electrons. The summed E-state index contributed by atoms with van der Waals surface area (Å²) < 4.78 is 5.79. The topological polar surface area (TPSA) is 72.5 Å². The molecule has 3 aromatic rings. The Morgan fingerprint density at radius 3 is 1.97 bits per heavy atom. The molecule has 5 nitrogen and oxygen atoms in total. The van der Waals surface area contributed by atoms with E-state index in [4.69, 9.17) is 4.74 Å². The molecule has 1 N–H and O–H groups in total. The zero-order valence-electron chi connectivity index (χ0n) is 17.0. The van der Waals surface area contributed by atoms with Crippen LogP contribution in [-0.4, -0.2) is 24.1 Å². The Hall–Kier alpha value is -3.73. The van der Waals surface area contributed by atoms with E-state index in [0.29, 0.717) is 41.2 Å². The summed E-state index contributed by atoms with van der Waals surface area (Å²) in [6.07, 6.45) is 0.692. The molecule has 0 spiro atoms. The predicted molar refractivity (Wildman–Crippen MR) is 116 cm³/mol. The van der Waals surface area contributed by atoms with E-state index >= 15 is 0 Å². The molecule has 0 aliphatic rings. The fourth-order valence-electron chi connectivity index (χ4n) is 2.91. The van der Waals surface area contributed by atoms with Crippen LogP contribution in [0.15, 0.2) is 72.8 Å². The zero-order chi connectivity index (χ0) is 21.5. The number of carbonyl (C=O) groups excluding carboxylic acids is 3. The van der Waals surface area contributed by atoms with Crippen LogP contribution in [0.2, 0.25) is 0 Å². The van der Waals surface area contributed by atoms with Crippen LogP contribution in [0.5, 0.6) is 5.75 Å². The van der Waals surface area contributed by atoms with E-state index in [1.54, 1.807) is 55.5 Å². The summed E-state index contributed by atoms with van der Waals surface area (Å²) in [6.45, 7) is 3.50. The number of rotatable bonds is 8. The smallest absolute Gasteiger partial charge is 0.255 e. The van der Waals surface area contributed by atoms with Crippen molar-refractivity contribution in [1.82, 2.24) is 0 Å². The lowest BCUT2D eigenvalue weighted by Crippen LogP contribution is -2.12. The molecular weight excluding hydrogens is 378 g/mol. The first-order valence-corrected chi connectivity index (χ1v) is 9.67. The molecule has 0 bridgehead atoms. The van der Waals surface area contributed by atoms with Crippen LogP contribution >= 0.6 is 0 Å². The minimum atomic E-state index is -0.254. The molecule has 1 amide bonds. The highest BCUT2D eigenvalue weighted by molar-refractivity contribution is 6.04. The second-order valence-corrected chi connectivity index (χ2v) is 6.97. The molecule has 0 aliphatic carbocycles. The van der Waals surface area contributed by atoms with E-state index in [9.17, 15) is 14.4 Å². The standard InChI is InChI=1S/C25H23NO4/c1-17(27)20-8-6-19(7-9-20)14-15-30-24-5-3-4-22(16-24)25(29)26-23-12-10-21(11-13-23)18(2)28/h3-13,16H,14-15H2,1-2H3,(H,26,29). The van der Waals surface area contributed by atoms with E-state index in [2.05, 4.69) is 5.32 Å². The zero-order valence-corrected chi connectivity index (χ0v) is 17.0. The average molecular weight is 401 g/mol. The van der Waals surface area contributed by atoms with Crippen LogP contribution < -0.4 is 10.1 Å². The third-order valence-electron chi connectivity index (χ3n) is 4.67. The second kappa shape index (κ2) is 9.65. The van der Waals surface area contributed by atoms with Gasteiger partial charge in [-0.2, -0.15) is 0 Å². The number of Topliss-reactive ketones (excluding diaryl/α,β-unsaturated/α-hetero) is 2. The van der Waals surface area contributed by atoms with Gasteiger partial charge in [0.15, 0.2) is 11.6 Å². The van der Waals surface area contributed by atoms with Crippen molar-refractivity contribution in [3.05, 3.63) is 95.1 Å². The minimum absolute atomic E-state index is 0.0208. The van der Waals surface area contributed by atoms with Crippen molar-refractivity contribution >= 4 is 23.2 Å². The highest BCUT2D eigenvalue weighted by Crippen LogP contribution is 2.17. The van der Waals surface area contributed by atoms with E-state index in [0.717, 1.165) is 5.56 Å². The first-order valence-electron chi connectivity index (χ1n) is 9.67. The number of anilines is 1. The summed E-state index contributed by atoms with van der Waals surface area (Å²) in [4.78, 5) is 35.2. The third kappa shape index (κ3) is 5.64. The molecule has 0 atom stereocenters. The van der Waals surface area contributed by atoms with Crippen LogP contribution in [0.4, 0.5) is 5.69 Å². The minimum Gasteiger partial charge on any atom is -0.493 e. The number of carbonyl (C=O) groups is 3. The van der Waals surface area contributed by atoms with E-state index in [-0.39, 0.29) is 17.5 Å². The molecule has 0 aliphatic heterocycles. The lowest BCUT2D eigenvalue weighted by atomic mass is 10.1. The Bertz CT molecular complexity index is 1050. The van der Waals surface area contributed by atoms with Crippen LogP contribution in [0.1, 0.15) is 50.5 Å². The normalized spacial score (nSPS) is 10.3. The van der Waals surface area contributed by atoms with Crippen molar-refractivity contribution in [1.29, 1.82) is 0 Å². The quantitative estimate of drug-likeness (QED) is 0.541. The van der Waals surface area contributed by atoms with Gasteiger partial charge in [-0.15, -0.1) is 0 Å². The lowest BCUT2D eigenvalue weighted by Gasteiger charge is -2.09. The number of hydrogen-bond donors (Lipinski definition) is 1. The van der Waals surface area contributed by atoms with Crippen molar-refractivity contribution in [2.24, 2.45) is 0 Å². The molecule has 30 heavy (non-hydrogen) atoms. The van der Waals surface area contributed by atoms with Crippen molar-refractivity contribution in [2.75, 3.05) is 11.9 Å². The van der Waals surface area contributed by atoms with Gasteiger partial charge < -0.3 is 10.1 Å². The fourth-order valence-corrected chi connectivity index (χ4v) is 2.91. The van der Waals surface area contributed by atoms with Crippen molar-refractivity contribution in [3.63, 3.8) is 0 Å².